The van der Waals surface area contributed by atoms with Crippen molar-refractivity contribution in [2.75, 3.05) is 6.61 Å². The predicted molar refractivity (Wildman–Crippen MR) is 28.6 cm³/mol. The van der Waals surface area contributed by atoms with Crippen LogP contribution in [0.25, 0.3) is 0 Å². The number of ether oxygens (including phenoxy) is 1. The quantitative estimate of drug-likeness (QED) is 0.351. The Bertz CT molecular complexity index is 95.0. The van der Waals surface area contributed by atoms with Gasteiger partial charge in [-0.1, -0.05) is 0 Å². The molecule has 0 amide bonds. The number of hydrogen-bond donors (Lipinski definition) is 3. The zero-order valence-electron chi connectivity index (χ0n) is 4.90. The Hall–Kier alpha value is -0.160. The van der Waals surface area contributed by atoms with Crippen LogP contribution in [-0.4, -0.2) is 40.4 Å². The number of rotatable bonds is 0. The average molecular weight is 135 g/mol. The van der Waals surface area contributed by atoms with Crippen molar-refractivity contribution >= 4 is 0 Å². The van der Waals surface area contributed by atoms with Crippen LogP contribution in [0, 0.1) is 0 Å². The highest BCUT2D eigenvalue weighted by Crippen LogP contribution is 2.11. The van der Waals surface area contributed by atoms with Gasteiger partial charge in [-0.25, -0.2) is 0 Å². The largest absolute Gasteiger partial charge is 0.390 e. The van der Waals surface area contributed by atoms with E-state index in [4.69, 9.17) is 15.3 Å². The molecule has 0 bridgehead atoms. The molecule has 4 heteroatoms. The van der Waals surface area contributed by atoms with Gasteiger partial charge in [-0.05, 0) is 0 Å². The maximum absolute atomic E-state index is 8.86. The Morgan fingerprint density at radius 2 is 1.78 bits per heavy atom. The van der Waals surface area contributed by atoms with Crippen LogP contribution in [0.2, 0.25) is 0 Å². The minimum Gasteiger partial charge on any atom is -0.390 e. The molecule has 1 fully saturated rings. The van der Waals surface area contributed by atoms with Crippen molar-refractivity contribution in [1.82, 2.24) is 0 Å². The smallest absolute Gasteiger partial charge is 0.157 e. The lowest BCUT2D eigenvalue weighted by Gasteiger charge is -2.26. The molecule has 0 aromatic rings. The molecule has 1 aliphatic rings. The van der Waals surface area contributed by atoms with E-state index in [0.717, 1.165) is 0 Å². The third kappa shape index (κ3) is 1.62. The van der Waals surface area contributed by atoms with Gasteiger partial charge in [-0.3, -0.25) is 0 Å². The van der Waals surface area contributed by atoms with Crippen LogP contribution in [0.4, 0.5) is 0 Å². The van der Waals surface area contributed by atoms with E-state index in [1.807, 2.05) is 0 Å². The molecule has 0 radical (unpaired) electrons. The fraction of sp³-hybridized carbons (Fsp3) is 1.00. The minimum absolute atomic E-state index is 0.0162. The fourth-order valence-electron chi connectivity index (χ4n) is 0.752. The monoisotopic (exact) mass is 135 g/mol. The first-order valence-corrected chi connectivity index (χ1v) is 2.86. The van der Waals surface area contributed by atoms with Gasteiger partial charge in [0, 0.05) is 6.42 Å². The normalized spacial score (nSPS) is 45.0. The molecule has 0 saturated carbocycles. The van der Waals surface area contributed by atoms with Crippen molar-refractivity contribution in [2.24, 2.45) is 0 Å². The molecule has 1 unspecified atom stereocenters. The molecule has 1 aliphatic heterocycles. The standard InChI is InChI=1S/C5H10O4/c6-3-1-5(8)9-2-4(3)7/h3-8H,1-2H2/t3-,4+,5?/m0/s1/i5+1. The first-order valence-electron chi connectivity index (χ1n) is 2.86. The van der Waals surface area contributed by atoms with E-state index in [1.54, 1.807) is 0 Å². The fourth-order valence-corrected chi connectivity index (χ4v) is 0.752. The summed E-state index contributed by atoms with van der Waals surface area (Å²) in [7, 11) is 0. The summed E-state index contributed by atoms with van der Waals surface area (Å²) in [4.78, 5) is 0. The topological polar surface area (TPSA) is 69.9 Å². The lowest BCUT2D eigenvalue weighted by atomic mass is 10.2. The molecule has 0 aromatic carbocycles. The van der Waals surface area contributed by atoms with Crippen molar-refractivity contribution in [3.8, 4) is 0 Å². The maximum atomic E-state index is 8.86. The SMILES string of the molecule is O[C@@H]1CO[13CH](O)C[C@@H]1O. The molecule has 0 aromatic heterocycles. The van der Waals surface area contributed by atoms with E-state index in [1.165, 1.54) is 0 Å². The van der Waals surface area contributed by atoms with Crippen LogP contribution in [-0.2, 0) is 4.74 Å². The van der Waals surface area contributed by atoms with Gasteiger partial charge >= 0.3 is 0 Å². The summed E-state index contributed by atoms with van der Waals surface area (Å²) in [5, 5.41) is 26.4. The molecule has 0 aliphatic carbocycles. The molecule has 3 atom stereocenters. The zero-order chi connectivity index (χ0) is 6.85. The second-order valence-electron chi connectivity index (χ2n) is 2.16. The summed E-state index contributed by atoms with van der Waals surface area (Å²) in [6.45, 7) is 0.0162. The van der Waals surface area contributed by atoms with Crippen LogP contribution >= 0.6 is 0 Å². The Balaban J connectivity index is 2.35. The van der Waals surface area contributed by atoms with Crippen LogP contribution < -0.4 is 0 Å². The Labute approximate surface area is 52.7 Å². The summed E-state index contributed by atoms with van der Waals surface area (Å²) in [6.07, 6.45) is -2.49. The van der Waals surface area contributed by atoms with Gasteiger partial charge in [0.2, 0.25) is 0 Å². The van der Waals surface area contributed by atoms with Gasteiger partial charge in [0.15, 0.2) is 6.29 Å². The van der Waals surface area contributed by atoms with Crippen molar-refractivity contribution in [3.05, 3.63) is 0 Å². The van der Waals surface area contributed by atoms with Gasteiger partial charge in [0.1, 0.15) is 6.10 Å². The van der Waals surface area contributed by atoms with E-state index in [9.17, 15) is 0 Å². The molecule has 0 spiro atoms. The van der Waals surface area contributed by atoms with Crippen LogP contribution in [0.5, 0.6) is 0 Å². The van der Waals surface area contributed by atoms with E-state index >= 15 is 0 Å². The molecule has 1 rings (SSSR count). The molecule has 1 saturated heterocycles. The molecule has 54 valence electrons. The van der Waals surface area contributed by atoms with Gasteiger partial charge in [-0.2, -0.15) is 0 Å². The van der Waals surface area contributed by atoms with E-state index in [-0.39, 0.29) is 13.0 Å². The van der Waals surface area contributed by atoms with E-state index < -0.39 is 18.5 Å². The summed E-state index contributed by atoms with van der Waals surface area (Å²) < 4.78 is 4.61. The molecule has 1 heterocycles. The summed E-state index contributed by atoms with van der Waals surface area (Å²) >= 11 is 0. The maximum Gasteiger partial charge on any atom is 0.157 e. The zero-order valence-corrected chi connectivity index (χ0v) is 4.90. The van der Waals surface area contributed by atoms with Crippen LogP contribution in [0.1, 0.15) is 6.42 Å². The second-order valence-corrected chi connectivity index (χ2v) is 2.16. The van der Waals surface area contributed by atoms with Crippen molar-refractivity contribution in [2.45, 2.75) is 24.9 Å². The number of aliphatic hydroxyl groups excluding tert-OH is 3. The summed E-state index contributed by atoms with van der Waals surface area (Å²) in [6, 6.07) is 0. The first kappa shape index (κ1) is 6.95. The third-order valence-electron chi connectivity index (χ3n) is 1.35. The minimum atomic E-state index is -0.914. The molecule has 9 heavy (non-hydrogen) atoms. The lowest BCUT2D eigenvalue weighted by Crippen LogP contribution is -2.40. The predicted octanol–water partition coefficient (Wildman–Crippen LogP) is -1.55. The van der Waals surface area contributed by atoms with Gasteiger partial charge in [-0.15, -0.1) is 0 Å². The Kier molecular flexibility index (Phi) is 2.02. The Morgan fingerprint density at radius 3 is 2.22 bits per heavy atom. The first-order chi connectivity index (χ1) is 4.20. The molecular formula is C5H10O4. The van der Waals surface area contributed by atoms with Crippen molar-refractivity contribution < 1.29 is 20.1 Å². The Morgan fingerprint density at radius 1 is 1.11 bits per heavy atom. The second kappa shape index (κ2) is 2.62. The molecule has 4 nitrogen and oxygen atoms in total. The van der Waals surface area contributed by atoms with Gasteiger partial charge in [0.05, 0.1) is 12.7 Å². The van der Waals surface area contributed by atoms with Crippen molar-refractivity contribution in [1.29, 1.82) is 0 Å². The van der Waals surface area contributed by atoms with Crippen molar-refractivity contribution in [3.63, 3.8) is 0 Å². The van der Waals surface area contributed by atoms with E-state index in [0.29, 0.717) is 0 Å². The lowest BCUT2D eigenvalue weighted by molar-refractivity contribution is -0.193. The van der Waals surface area contributed by atoms with Gasteiger partial charge < -0.3 is 20.1 Å². The summed E-state index contributed by atoms with van der Waals surface area (Å²) in [5.41, 5.74) is 0. The molecular weight excluding hydrogens is 125 g/mol. The molecule has 3 N–H and O–H groups in total. The highest BCUT2D eigenvalue weighted by atomic mass is 16.7. The van der Waals surface area contributed by atoms with Gasteiger partial charge in [0.25, 0.3) is 0 Å². The third-order valence-corrected chi connectivity index (χ3v) is 1.35. The highest BCUT2D eigenvalue weighted by Gasteiger charge is 2.26. The highest BCUT2D eigenvalue weighted by molar-refractivity contribution is 4.72. The van der Waals surface area contributed by atoms with Crippen LogP contribution in [0.3, 0.4) is 0 Å². The summed E-state index contributed by atoms with van der Waals surface area (Å²) in [5.74, 6) is 0. The van der Waals surface area contributed by atoms with E-state index in [2.05, 4.69) is 4.74 Å². The number of aliphatic hydroxyl groups is 3. The van der Waals surface area contributed by atoms with Crippen LogP contribution in [0.15, 0.2) is 0 Å². The average Bonchev–Trinajstić information content (AvgIpc) is 1.80. The number of hydrogen-bond acceptors (Lipinski definition) is 4.